The SMILES string of the molecule is C=C(C1CCC(Nc2cccc3c2cc(C#CCN(C(C)=O)c2ccc(S(C)(=O)=O)cc2O)n3CC(F)(F)F)CC1)N1CCOCC1. The lowest BCUT2D eigenvalue weighted by molar-refractivity contribution is -0.140. The number of sulfone groups is 1. The van der Waals surface area contributed by atoms with Crippen LogP contribution in [0.15, 0.2) is 59.6 Å². The van der Waals surface area contributed by atoms with Gasteiger partial charge in [-0.2, -0.15) is 13.2 Å². The van der Waals surface area contributed by atoms with Crippen molar-refractivity contribution < 1.29 is 36.2 Å². The van der Waals surface area contributed by atoms with E-state index in [0.29, 0.717) is 30.0 Å². The molecule has 1 saturated heterocycles. The standard InChI is InChI=1S/C34H39F3N4O5S/c1-23(39-16-18-46-19-17-39)25-9-11-26(12-10-25)38-30-7-4-8-31-29(30)20-27(41(31)22-34(35,36)37)6-5-15-40(24(2)42)32-14-13-28(21-33(32)43)47(3,44)45/h4,7-8,13-14,20-21,25-26,38,43H,1,9-12,15-19,22H2,2-3H3. The number of phenolic OH excluding ortho intramolecular Hbond substituents is 1. The van der Waals surface area contributed by atoms with Crippen LogP contribution in [0.1, 0.15) is 38.3 Å². The molecule has 1 aliphatic carbocycles. The fourth-order valence-corrected chi connectivity index (χ4v) is 6.94. The molecule has 2 heterocycles. The summed E-state index contributed by atoms with van der Waals surface area (Å²) in [5, 5.41) is 14.6. The molecular formula is C34H39F3N4O5S. The molecule has 9 nitrogen and oxygen atoms in total. The number of morpholine rings is 1. The normalized spacial score (nSPS) is 18.8. The molecule has 0 atom stereocenters. The fourth-order valence-electron chi connectivity index (χ4n) is 6.30. The summed E-state index contributed by atoms with van der Waals surface area (Å²) in [5.74, 6) is 5.05. The van der Waals surface area contributed by atoms with Gasteiger partial charge in [0.05, 0.1) is 41.6 Å². The van der Waals surface area contributed by atoms with E-state index in [-0.39, 0.29) is 28.9 Å². The number of aromatic nitrogens is 1. The minimum Gasteiger partial charge on any atom is -0.506 e. The van der Waals surface area contributed by atoms with Gasteiger partial charge in [0.15, 0.2) is 9.84 Å². The van der Waals surface area contributed by atoms with Gasteiger partial charge in [-0.05, 0) is 67.9 Å². The number of rotatable bonds is 8. The molecular weight excluding hydrogens is 633 g/mol. The van der Waals surface area contributed by atoms with Crippen molar-refractivity contribution in [3.8, 4) is 17.6 Å². The van der Waals surface area contributed by atoms with Gasteiger partial charge in [-0.1, -0.05) is 18.6 Å². The highest BCUT2D eigenvalue weighted by Gasteiger charge is 2.31. The zero-order valence-electron chi connectivity index (χ0n) is 26.4. The van der Waals surface area contributed by atoms with Crippen LogP contribution in [0.4, 0.5) is 24.5 Å². The molecule has 0 bridgehead atoms. The number of ether oxygens (including phenoxy) is 1. The minimum absolute atomic E-state index is 0.0322. The quantitative estimate of drug-likeness (QED) is 0.303. The van der Waals surface area contributed by atoms with Crippen molar-refractivity contribution in [2.45, 2.75) is 56.3 Å². The number of carbonyl (C=O) groups excluding carboxylic acids is 1. The fraction of sp³-hybridized carbons (Fsp3) is 0.441. The molecule has 2 aliphatic rings. The number of nitrogens with one attached hydrogen (secondary N) is 1. The summed E-state index contributed by atoms with van der Waals surface area (Å²) in [6.45, 7) is 7.23. The minimum atomic E-state index is -4.51. The molecule has 1 aliphatic heterocycles. The molecule has 2 fully saturated rings. The summed E-state index contributed by atoms with van der Waals surface area (Å²) in [6, 6.07) is 10.6. The molecule has 0 unspecified atom stereocenters. The summed E-state index contributed by atoms with van der Waals surface area (Å²) >= 11 is 0. The number of phenols is 1. The highest BCUT2D eigenvalue weighted by atomic mass is 32.2. The number of alkyl halides is 3. The Kier molecular flexibility index (Phi) is 10.1. The number of anilines is 2. The Bertz CT molecular complexity index is 1810. The Balaban J connectivity index is 1.36. The van der Waals surface area contributed by atoms with Crippen LogP contribution >= 0.6 is 0 Å². The average Bonchev–Trinajstić information content (AvgIpc) is 3.36. The summed E-state index contributed by atoms with van der Waals surface area (Å²) in [7, 11) is -3.60. The van der Waals surface area contributed by atoms with Gasteiger partial charge >= 0.3 is 6.18 Å². The molecule has 1 amide bonds. The van der Waals surface area contributed by atoms with Crippen LogP contribution in [0, 0.1) is 17.8 Å². The second kappa shape index (κ2) is 13.9. The van der Waals surface area contributed by atoms with E-state index in [1.165, 1.54) is 19.1 Å². The molecule has 2 N–H and O–H groups in total. The van der Waals surface area contributed by atoms with Crippen molar-refractivity contribution in [1.29, 1.82) is 0 Å². The summed E-state index contributed by atoms with van der Waals surface area (Å²) < 4.78 is 71.5. The Labute approximate surface area is 272 Å². The maximum Gasteiger partial charge on any atom is 0.406 e. The Hall–Kier alpha value is -4.15. The molecule has 2 aromatic carbocycles. The molecule has 0 radical (unpaired) electrons. The third-order valence-electron chi connectivity index (χ3n) is 8.76. The van der Waals surface area contributed by atoms with E-state index >= 15 is 0 Å². The Morgan fingerprint density at radius 3 is 2.45 bits per heavy atom. The number of fused-ring (bicyclic) bond motifs is 1. The van der Waals surface area contributed by atoms with Gasteiger partial charge in [-0.25, -0.2) is 8.42 Å². The number of benzene rings is 2. The number of amides is 1. The average molecular weight is 673 g/mol. The van der Waals surface area contributed by atoms with E-state index in [9.17, 15) is 31.5 Å². The Morgan fingerprint density at radius 2 is 1.83 bits per heavy atom. The molecule has 1 saturated carbocycles. The van der Waals surface area contributed by atoms with E-state index in [1.807, 2.05) is 6.07 Å². The lowest BCUT2D eigenvalue weighted by Gasteiger charge is -2.38. The monoisotopic (exact) mass is 672 g/mol. The summed E-state index contributed by atoms with van der Waals surface area (Å²) in [4.78, 5) is 15.8. The van der Waals surface area contributed by atoms with E-state index in [1.54, 1.807) is 18.2 Å². The zero-order chi connectivity index (χ0) is 33.9. The molecule has 0 spiro atoms. The second-order valence-corrected chi connectivity index (χ2v) is 14.1. The molecule has 252 valence electrons. The van der Waals surface area contributed by atoms with Gasteiger partial charge in [-0.3, -0.25) is 9.69 Å². The largest absolute Gasteiger partial charge is 0.506 e. The molecule has 47 heavy (non-hydrogen) atoms. The number of allylic oxidation sites excluding steroid dienone is 1. The van der Waals surface area contributed by atoms with Crippen LogP contribution in [-0.2, 0) is 25.9 Å². The maximum absolute atomic E-state index is 13.7. The number of hydrogen-bond donors (Lipinski definition) is 2. The first-order valence-electron chi connectivity index (χ1n) is 15.5. The van der Waals surface area contributed by atoms with Crippen LogP contribution in [0.25, 0.3) is 10.9 Å². The molecule has 13 heteroatoms. The van der Waals surface area contributed by atoms with E-state index in [0.717, 1.165) is 71.9 Å². The smallest absolute Gasteiger partial charge is 0.406 e. The first-order chi connectivity index (χ1) is 22.2. The van der Waals surface area contributed by atoms with Crippen molar-refractivity contribution in [1.82, 2.24) is 9.47 Å². The number of hydrogen-bond acceptors (Lipinski definition) is 7. The van der Waals surface area contributed by atoms with Crippen molar-refractivity contribution in [2.24, 2.45) is 5.92 Å². The van der Waals surface area contributed by atoms with Crippen molar-refractivity contribution in [2.75, 3.05) is 49.3 Å². The summed E-state index contributed by atoms with van der Waals surface area (Å²) in [6.07, 6.45) is 0.222. The van der Waals surface area contributed by atoms with Crippen molar-refractivity contribution in [3.63, 3.8) is 0 Å². The van der Waals surface area contributed by atoms with Gasteiger partial charge in [-0.15, -0.1) is 0 Å². The third kappa shape index (κ3) is 8.23. The van der Waals surface area contributed by atoms with E-state index in [4.69, 9.17) is 4.74 Å². The van der Waals surface area contributed by atoms with Gasteiger partial charge in [0, 0.05) is 55.1 Å². The third-order valence-corrected chi connectivity index (χ3v) is 9.87. The van der Waals surface area contributed by atoms with Crippen LogP contribution in [0.2, 0.25) is 0 Å². The predicted molar refractivity (Wildman–Crippen MR) is 175 cm³/mol. The highest BCUT2D eigenvalue weighted by Crippen LogP contribution is 2.36. The first-order valence-corrected chi connectivity index (χ1v) is 17.4. The molecule has 1 aromatic heterocycles. The lowest BCUT2D eigenvalue weighted by Crippen LogP contribution is -2.38. The second-order valence-electron chi connectivity index (χ2n) is 12.1. The van der Waals surface area contributed by atoms with Crippen LogP contribution in [0.5, 0.6) is 5.75 Å². The van der Waals surface area contributed by atoms with Gasteiger partial charge < -0.3 is 24.6 Å². The number of halogens is 3. The molecule has 5 rings (SSSR count). The number of nitrogens with zero attached hydrogens (tertiary/aromatic N) is 3. The number of aromatic hydroxyl groups is 1. The predicted octanol–water partition coefficient (Wildman–Crippen LogP) is 5.53. The van der Waals surface area contributed by atoms with Crippen LogP contribution in [-0.4, -0.2) is 80.2 Å². The van der Waals surface area contributed by atoms with E-state index in [2.05, 4.69) is 28.6 Å². The van der Waals surface area contributed by atoms with Crippen molar-refractivity contribution in [3.05, 3.63) is 60.4 Å². The summed E-state index contributed by atoms with van der Waals surface area (Å²) in [5.41, 5.74) is 2.42. The van der Waals surface area contributed by atoms with Gasteiger partial charge in [0.2, 0.25) is 5.91 Å². The van der Waals surface area contributed by atoms with Gasteiger partial charge in [0.25, 0.3) is 0 Å². The van der Waals surface area contributed by atoms with Crippen LogP contribution < -0.4 is 10.2 Å². The lowest BCUT2D eigenvalue weighted by atomic mass is 9.83. The first kappa shape index (κ1) is 34.2. The topological polar surface area (TPSA) is 104 Å². The Morgan fingerprint density at radius 1 is 1.13 bits per heavy atom. The van der Waals surface area contributed by atoms with Gasteiger partial charge in [0.1, 0.15) is 12.3 Å². The molecule has 3 aromatic rings. The number of carbonyl (C=O) groups is 1. The highest BCUT2D eigenvalue weighted by molar-refractivity contribution is 7.90. The van der Waals surface area contributed by atoms with Crippen LogP contribution in [0.3, 0.4) is 0 Å². The van der Waals surface area contributed by atoms with Crippen molar-refractivity contribution >= 4 is 38.0 Å². The van der Waals surface area contributed by atoms with E-state index < -0.39 is 34.2 Å². The zero-order valence-corrected chi connectivity index (χ0v) is 27.3. The maximum atomic E-state index is 13.7.